The molecule has 0 spiro atoms. The molecule has 3 rings (SSSR count). The predicted octanol–water partition coefficient (Wildman–Crippen LogP) is 3.83. The number of hydrogen-bond donors (Lipinski definition) is 0. The Labute approximate surface area is 120 Å². The van der Waals surface area contributed by atoms with Crippen LogP contribution >= 0.6 is 15.9 Å². The number of rotatable bonds is 3. The quantitative estimate of drug-likeness (QED) is 0.688. The van der Waals surface area contributed by atoms with Crippen molar-refractivity contribution in [3.8, 4) is 17.1 Å². The Bertz CT molecular complexity index is 662. The molecule has 0 saturated heterocycles. The molecule has 1 aromatic heterocycles. The van der Waals surface area contributed by atoms with Crippen LogP contribution in [0.3, 0.4) is 0 Å². The van der Waals surface area contributed by atoms with E-state index in [0.717, 1.165) is 22.9 Å². The van der Waals surface area contributed by atoms with Crippen LogP contribution in [0.15, 0.2) is 60.7 Å². The standard InChI is InChI=1S/C15H12BrN3/c16-11-14-17-15(12-7-3-1-4-8-12)18-19(14)13-9-5-2-6-10-13/h1-10H,11H2. The van der Waals surface area contributed by atoms with Gasteiger partial charge in [-0.2, -0.15) is 0 Å². The number of para-hydroxylation sites is 1. The summed E-state index contributed by atoms with van der Waals surface area (Å²) in [6.07, 6.45) is 0. The predicted molar refractivity (Wildman–Crippen MR) is 79.4 cm³/mol. The molecular weight excluding hydrogens is 302 g/mol. The maximum Gasteiger partial charge on any atom is 0.181 e. The van der Waals surface area contributed by atoms with Crippen molar-refractivity contribution in [1.82, 2.24) is 14.8 Å². The lowest BCUT2D eigenvalue weighted by Crippen LogP contribution is -2.00. The Morgan fingerprint density at radius 3 is 2.16 bits per heavy atom. The Balaban J connectivity index is 2.09. The average molecular weight is 314 g/mol. The number of nitrogens with zero attached hydrogens (tertiary/aromatic N) is 3. The third-order valence-corrected chi connectivity index (χ3v) is 3.33. The maximum absolute atomic E-state index is 4.60. The van der Waals surface area contributed by atoms with Gasteiger partial charge in [-0.05, 0) is 12.1 Å². The van der Waals surface area contributed by atoms with Crippen LogP contribution in [0.4, 0.5) is 0 Å². The molecule has 3 aromatic rings. The molecule has 1 heterocycles. The molecule has 0 N–H and O–H groups in total. The number of alkyl halides is 1. The summed E-state index contributed by atoms with van der Waals surface area (Å²) in [4.78, 5) is 4.58. The largest absolute Gasteiger partial charge is 0.216 e. The van der Waals surface area contributed by atoms with Gasteiger partial charge in [0, 0.05) is 5.56 Å². The van der Waals surface area contributed by atoms with E-state index in [1.807, 2.05) is 65.3 Å². The Morgan fingerprint density at radius 2 is 1.53 bits per heavy atom. The highest BCUT2D eigenvalue weighted by molar-refractivity contribution is 9.08. The van der Waals surface area contributed by atoms with E-state index in [-0.39, 0.29) is 0 Å². The summed E-state index contributed by atoms with van der Waals surface area (Å²) < 4.78 is 1.87. The van der Waals surface area contributed by atoms with Gasteiger partial charge in [-0.25, -0.2) is 9.67 Å². The minimum Gasteiger partial charge on any atom is -0.216 e. The van der Waals surface area contributed by atoms with Crippen LogP contribution in [0.1, 0.15) is 5.82 Å². The van der Waals surface area contributed by atoms with Gasteiger partial charge in [-0.1, -0.05) is 64.5 Å². The summed E-state index contributed by atoms with van der Waals surface area (Å²) in [5, 5.41) is 5.27. The van der Waals surface area contributed by atoms with Gasteiger partial charge in [0.05, 0.1) is 11.0 Å². The van der Waals surface area contributed by atoms with E-state index in [1.165, 1.54) is 0 Å². The van der Waals surface area contributed by atoms with Crippen LogP contribution in [0.2, 0.25) is 0 Å². The highest BCUT2D eigenvalue weighted by Gasteiger charge is 2.11. The minimum absolute atomic E-state index is 0.668. The third kappa shape index (κ3) is 2.44. The second-order valence-electron chi connectivity index (χ2n) is 4.10. The second-order valence-corrected chi connectivity index (χ2v) is 4.66. The zero-order chi connectivity index (χ0) is 13.1. The molecule has 0 amide bonds. The van der Waals surface area contributed by atoms with Gasteiger partial charge in [0.15, 0.2) is 5.82 Å². The van der Waals surface area contributed by atoms with Crippen molar-refractivity contribution < 1.29 is 0 Å². The lowest BCUT2D eigenvalue weighted by atomic mass is 10.2. The Kier molecular flexibility index (Phi) is 3.42. The van der Waals surface area contributed by atoms with Crippen molar-refractivity contribution in [3.05, 3.63) is 66.5 Å². The van der Waals surface area contributed by atoms with Crippen molar-refractivity contribution >= 4 is 15.9 Å². The van der Waals surface area contributed by atoms with Gasteiger partial charge in [0.25, 0.3) is 0 Å². The molecule has 0 atom stereocenters. The normalized spacial score (nSPS) is 10.6. The highest BCUT2D eigenvalue weighted by atomic mass is 79.9. The van der Waals surface area contributed by atoms with E-state index in [9.17, 15) is 0 Å². The molecule has 0 saturated carbocycles. The monoisotopic (exact) mass is 313 g/mol. The van der Waals surface area contributed by atoms with E-state index < -0.39 is 0 Å². The van der Waals surface area contributed by atoms with E-state index in [0.29, 0.717) is 5.33 Å². The fourth-order valence-corrected chi connectivity index (χ4v) is 2.28. The summed E-state index contributed by atoms with van der Waals surface area (Å²) >= 11 is 3.47. The van der Waals surface area contributed by atoms with Crippen LogP contribution in [0.25, 0.3) is 17.1 Å². The highest BCUT2D eigenvalue weighted by Crippen LogP contribution is 2.19. The summed E-state index contributed by atoms with van der Waals surface area (Å²) in [6, 6.07) is 20.0. The summed E-state index contributed by atoms with van der Waals surface area (Å²) in [7, 11) is 0. The summed E-state index contributed by atoms with van der Waals surface area (Å²) in [6.45, 7) is 0. The second kappa shape index (κ2) is 5.36. The first-order valence-electron chi connectivity index (χ1n) is 6.01. The molecule has 0 radical (unpaired) electrons. The van der Waals surface area contributed by atoms with E-state index >= 15 is 0 Å². The van der Waals surface area contributed by atoms with Gasteiger partial charge in [0.1, 0.15) is 5.82 Å². The molecule has 4 heteroatoms. The summed E-state index contributed by atoms with van der Waals surface area (Å²) in [5.41, 5.74) is 2.05. The zero-order valence-electron chi connectivity index (χ0n) is 10.2. The van der Waals surface area contributed by atoms with Gasteiger partial charge in [-0.3, -0.25) is 0 Å². The molecule has 0 bridgehead atoms. The Hall–Kier alpha value is -1.94. The molecule has 2 aromatic carbocycles. The zero-order valence-corrected chi connectivity index (χ0v) is 11.8. The topological polar surface area (TPSA) is 30.7 Å². The first kappa shape index (κ1) is 12.1. The number of hydrogen-bond acceptors (Lipinski definition) is 2. The van der Waals surface area contributed by atoms with Crippen LogP contribution in [0.5, 0.6) is 0 Å². The molecule has 0 aliphatic carbocycles. The SMILES string of the molecule is BrCc1nc(-c2ccccc2)nn1-c1ccccc1. The average Bonchev–Trinajstić information content (AvgIpc) is 2.93. The fraction of sp³-hybridized carbons (Fsp3) is 0.0667. The first-order valence-corrected chi connectivity index (χ1v) is 7.13. The fourth-order valence-electron chi connectivity index (χ4n) is 1.92. The molecule has 0 fully saturated rings. The van der Waals surface area contributed by atoms with Gasteiger partial charge in [-0.15, -0.1) is 5.10 Å². The van der Waals surface area contributed by atoms with Crippen LogP contribution in [-0.4, -0.2) is 14.8 Å². The maximum atomic E-state index is 4.60. The van der Waals surface area contributed by atoms with Crippen LogP contribution in [0, 0.1) is 0 Å². The third-order valence-electron chi connectivity index (χ3n) is 2.83. The number of aromatic nitrogens is 3. The molecule has 3 nitrogen and oxygen atoms in total. The Morgan fingerprint density at radius 1 is 0.895 bits per heavy atom. The van der Waals surface area contributed by atoms with Crippen molar-refractivity contribution in [1.29, 1.82) is 0 Å². The lowest BCUT2D eigenvalue weighted by molar-refractivity contribution is 0.838. The molecule has 0 aliphatic rings. The van der Waals surface area contributed by atoms with Gasteiger partial charge < -0.3 is 0 Å². The number of benzene rings is 2. The molecule has 19 heavy (non-hydrogen) atoms. The first-order chi connectivity index (χ1) is 9.38. The minimum atomic E-state index is 0.668. The lowest BCUT2D eigenvalue weighted by Gasteiger charge is -2.02. The molecule has 0 unspecified atom stereocenters. The van der Waals surface area contributed by atoms with Gasteiger partial charge in [0.2, 0.25) is 0 Å². The number of halogens is 1. The molecule has 94 valence electrons. The van der Waals surface area contributed by atoms with Crippen LogP contribution < -0.4 is 0 Å². The van der Waals surface area contributed by atoms with Crippen molar-refractivity contribution in [2.24, 2.45) is 0 Å². The van der Waals surface area contributed by atoms with E-state index in [2.05, 4.69) is 26.0 Å². The summed E-state index contributed by atoms with van der Waals surface area (Å²) in [5.74, 6) is 1.64. The van der Waals surface area contributed by atoms with Gasteiger partial charge >= 0.3 is 0 Å². The molecular formula is C15H12BrN3. The van der Waals surface area contributed by atoms with Crippen molar-refractivity contribution in [2.45, 2.75) is 5.33 Å². The van der Waals surface area contributed by atoms with E-state index in [1.54, 1.807) is 0 Å². The van der Waals surface area contributed by atoms with Crippen molar-refractivity contribution in [2.75, 3.05) is 0 Å². The molecule has 0 aliphatic heterocycles. The van der Waals surface area contributed by atoms with E-state index in [4.69, 9.17) is 0 Å². The van der Waals surface area contributed by atoms with Crippen molar-refractivity contribution in [3.63, 3.8) is 0 Å². The smallest absolute Gasteiger partial charge is 0.181 e. The van der Waals surface area contributed by atoms with Crippen LogP contribution in [-0.2, 0) is 5.33 Å².